The molecule has 1 fully saturated rings. The minimum absolute atomic E-state index is 0.254. The predicted molar refractivity (Wildman–Crippen MR) is 71.6 cm³/mol. The standard InChI is InChI=1S/C13H22N4O/c1-2-11-9-13(15-10-14-11)16-12-3-5-17(6-4-12)7-8-18/h9-10,12,18H,2-8H2,1H3,(H,14,15,16). The van der Waals surface area contributed by atoms with Crippen LogP contribution in [0.1, 0.15) is 25.5 Å². The topological polar surface area (TPSA) is 61.3 Å². The van der Waals surface area contributed by atoms with E-state index >= 15 is 0 Å². The third-order valence-corrected chi connectivity index (χ3v) is 3.44. The monoisotopic (exact) mass is 250 g/mol. The van der Waals surface area contributed by atoms with Gasteiger partial charge in [-0.05, 0) is 19.3 Å². The van der Waals surface area contributed by atoms with Crippen LogP contribution in [0.5, 0.6) is 0 Å². The van der Waals surface area contributed by atoms with E-state index in [9.17, 15) is 0 Å². The van der Waals surface area contributed by atoms with Crippen molar-refractivity contribution in [1.29, 1.82) is 0 Å². The normalized spacial score (nSPS) is 17.9. The maximum atomic E-state index is 8.90. The number of aliphatic hydroxyl groups is 1. The fraction of sp³-hybridized carbons (Fsp3) is 0.692. The Morgan fingerprint density at radius 1 is 1.39 bits per heavy atom. The van der Waals surface area contributed by atoms with Crippen LogP contribution in [-0.4, -0.2) is 52.3 Å². The van der Waals surface area contributed by atoms with Crippen LogP contribution in [0.25, 0.3) is 0 Å². The number of β-amino-alcohol motifs (C(OH)–C–C–N with tert-alkyl or cyclic N) is 1. The SMILES string of the molecule is CCc1cc(NC2CCN(CCO)CC2)ncn1. The van der Waals surface area contributed by atoms with Crippen molar-refractivity contribution < 1.29 is 5.11 Å². The number of nitrogens with zero attached hydrogens (tertiary/aromatic N) is 3. The van der Waals surface area contributed by atoms with Gasteiger partial charge >= 0.3 is 0 Å². The van der Waals surface area contributed by atoms with Crippen LogP contribution in [0.3, 0.4) is 0 Å². The van der Waals surface area contributed by atoms with Gasteiger partial charge in [-0.3, -0.25) is 0 Å². The van der Waals surface area contributed by atoms with Gasteiger partial charge in [-0.25, -0.2) is 9.97 Å². The summed E-state index contributed by atoms with van der Waals surface area (Å²) in [5.74, 6) is 0.933. The van der Waals surface area contributed by atoms with E-state index in [0.29, 0.717) is 6.04 Å². The number of hydrogen-bond donors (Lipinski definition) is 2. The Hall–Kier alpha value is -1.20. The van der Waals surface area contributed by atoms with Crippen molar-refractivity contribution in [1.82, 2.24) is 14.9 Å². The van der Waals surface area contributed by atoms with Gasteiger partial charge < -0.3 is 15.3 Å². The number of hydrogen-bond acceptors (Lipinski definition) is 5. The third kappa shape index (κ3) is 3.65. The molecule has 0 saturated carbocycles. The first-order chi connectivity index (χ1) is 8.81. The first kappa shape index (κ1) is 13.2. The molecule has 0 aliphatic carbocycles. The second-order valence-electron chi connectivity index (χ2n) is 4.73. The average Bonchev–Trinajstić information content (AvgIpc) is 2.42. The van der Waals surface area contributed by atoms with Crippen LogP contribution in [0.2, 0.25) is 0 Å². The largest absolute Gasteiger partial charge is 0.395 e. The highest BCUT2D eigenvalue weighted by Crippen LogP contribution is 2.15. The third-order valence-electron chi connectivity index (χ3n) is 3.44. The van der Waals surface area contributed by atoms with Crippen molar-refractivity contribution in [2.45, 2.75) is 32.2 Å². The number of piperidine rings is 1. The second-order valence-corrected chi connectivity index (χ2v) is 4.73. The Labute approximate surface area is 108 Å². The van der Waals surface area contributed by atoms with E-state index in [1.165, 1.54) is 0 Å². The molecule has 1 saturated heterocycles. The van der Waals surface area contributed by atoms with Gasteiger partial charge in [0, 0.05) is 37.4 Å². The molecule has 18 heavy (non-hydrogen) atoms. The van der Waals surface area contributed by atoms with E-state index in [2.05, 4.69) is 27.1 Å². The van der Waals surface area contributed by atoms with Crippen LogP contribution >= 0.6 is 0 Å². The van der Waals surface area contributed by atoms with E-state index in [0.717, 1.165) is 50.4 Å². The summed E-state index contributed by atoms with van der Waals surface area (Å²) in [6.45, 7) is 5.23. The molecule has 2 N–H and O–H groups in total. The summed E-state index contributed by atoms with van der Waals surface area (Å²) in [6.07, 6.45) is 4.77. The average molecular weight is 250 g/mol. The zero-order valence-corrected chi connectivity index (χ0v) is 11.0. The lowest BCUT2D eigenvalue weighted by Crippen LogP contribution is -2.40. The number of anilines is 1. The molecule has 2 heterocycles. The first-order valence-corrected chi connectivity index (χ1v) is 6.72. The number of likely N-dealkylation sites (tertiary alicyclic amines) is 1. The van der Waals surface area contributed by atoms with Gasteiger partial charge in [0.05, 0.1) is 6.61 Å². The lowest BCUT2D eigenvalue weighted by Gasteiger charge is -2.32. The van der Waals surface area contributed by atoms with E-state index in [4.69, 9.17) is 5.11 Å². The van der Waals surface area contributed by atoms with Gasteiger partial charge in [0.1, 0.15) is 12.1 Å². The number of aromatic nitrogens is 2. The lowest BCUT2D eigenvalue weighted by molar-refractivity contribution is 0.168. The summed E-state index contributed by atoms with van der Waals surface area (Å²) in [5.41, 5.74) is 1.07. The molecule has 100 valence electrons. The fourth-order valence-electron chi connectivity index (χ4n) is 2.32. The molecule has 2 rings (SSSR count). The van der Waals surface area contributed by atoms with Gasteiger partial charge in [0.2, 0.25) is 0 Å². The summed E-state index contributed by atoms with van der Waals surface area (Å²) in [7, 11) is 0. The molecule has 0 atom stereocenters. The van der Waals surface area contributed by atoms with Gasteiger partial charge in [0.25, 0.3) is 0 Å². The molecule has 1 aromatic rings. The van der Waals surface area contributed by atoms with Crippen molar-refractivity contribution in [3.63, 3.8) is 0 Å². The molecule has 5 heteroatoms. The zero-order chi connectivity index (χ0) is 12.8. The summed E-state index contributed by atoms with van der Waals surface area (Å²) >= 11 is 0. The Kier molecular flexibility index (Phi) is 4.90. The molecule has 1 aliphatic rings. The van der Waals surface area contributed by atoms with E-state index < -0.39 is 0 Å². The van der Waals surface area contributed by atoms with E-state index in [1.807, 2.05) is 6.07 Å². The molecule has 1 aromatic heterocycles. The summed E-state index contributed by atoms with van der Waals surface area (Å²) in [4.78, 5) is 10.8. The molecule has 0 amide bonds. The molecular formula is C13H22N4O. The molecule has 5 nitrogen and oxygen atoms in total. The minimum atomic E-state index is 0.254. The quantitative estimate of drug-likeness (QED) is 0.813. The van der Waals surface area contributed by atoms with Gasteiger partial charge in [-0.1, -0.05) is 6.92 Å². The van der Waals surface area contributed by atoms with Gasteiger partial charge in [-0.2, -0.15) is 0 Å². The first-order valence-electron chi connectivity index (χ1n) is 6.72. The number of rotatable bonds is 5. The van der Waals surface area contributed by atoms with Crippen molar-refractivity contribution in [2.75, 3.05) is 31.6 Å². The maximum absolute atomic E-state index is 8.90. The molecule has 0 spiro atoms. The Morgan fingerprint density at radius 3 is 2.83 bits per heavy atom. The van der Waals surface area contributed by atoms with Gasteiger partial charge in [0.15, 0.2) is 0 Å². The van der Waals surface area contributed by atoms with Crippen LogP contribution in [-0.2, 0) is 6.42 Å². The van der Waals surface area contributed by atoms with Crippen LogP contribution < -0.4 is 5.32 Å². The molecule has 1 aliphatic heterocycles. The highest BCUT2D eigenvalue weighted by Gasteiger charge is 2.18. The maximum Gasteiger partial charge on any atom is 0.129 e. The number of nitrogens with one attached hydrogen (secondary N) is 1. The number of aryl methyl sites for hydroxylation is 1. The smallest absolute Gasteiger partial charge is 0.129 e. The predicted octanol–water partition coefficient (Wildman–Crippen LogP) is 0.908. The molecule has 0 radical (unpaired) electrons. The lowest BCUT2D eigenvalue weighted by atomic mass is 10.1. The Balaban J connectivity index is 1.83. The van der Waals surface area contributed by atoms with Crippen molar-refractivity contribution >= 4 is 5.82 Å². The molecule has 0 aromatic carbocycles. The highest BCUT2D eigenvalue weighted by atomic mass is 16.3. The highest BCUT2D eigenvalue weighted by molar-refractivity contribution is 5.36. The van der Waals surface area contributed by atoms with Crippen LogP contribution in [0, 0.1) is 0 Å². The van der Waals surface area contributed by atoms with Gasteiger partial charge in [-0.15, -0.1) is 0 Å². The fourth-order valence-corrected chi connectivity index (χ4v) is 2.32. The zero-order valence-electron chi connectivity index (χ0n) is 11.0. The Bertz CT molecular complexity index is 364. The van der Waals surface area contributed by atoms with Crippen molar-refractivity contribution in [3.8, 4) is 0 Å². The van der Waals surface area contributed by atoms with E-state index in [1.54, 1.807) is 6.33 Å². The summed E-state index contributed by atoms with van der Waals surface area (Å²) in [6, 6.07) is 2.51. The summed E-state index contributed by atoms with van der Waals surface area (Å²) in [5, 5.41) is 12.4. The molecule has 0 unspecified atom stereocenters. The summed E-state index contributed by atoms with van der Waals surface area (Å²) < 4.78 is 0. The second kappa shape index (κ2) is 6.66. The van der Waals surface area contributed by atoms with Crippen LogP contribution in [0.15, 0.2) is 12.4 Å². The molecular weight excluding hydrogens is 228 g/mol. The van der Waals surface area contributed by atoms with Crippen LogP contribution in [0.4, 0.5) is 5.82 Å². The van der Waals surface area contributed by atoms with Crippen molar-refractivity contribution in [2.24, 2.45) is 0 Å². The van der Waals surface area contributed by atoms with E-state index in [-0.39, 0.29) is 6.61 Å². The number of aliphatic hydroxyl groups excluding tert-OH is 1. The Morgan fingerprint density at radius 2 is 2.17 bits per heavy atom. The minimum Gasteiger partial charge on any atom is -0.395 e. The van der Waals surface area contributed by atoms with Crippen molar-refractivity contribution in [3.05, 3.63) is 18.1 Å². The molecule has 0 bridgehead atoms.